The van der Waals surface area contributed by atoms with Gasteiger partial charge in [0.2, 0.25) is 23.8 Å². The van der Waals surface area contributed by atoms with E-state index in [1.54, 1.807) is 11.8 Å². The highest BCUT2D eigenvalue weighted by molar-refractivity contribution is 7.99. The van der Waals surface area contributed by atoms with Crippen LogP contribution in [-0.4, -0.2) is 47.9 Å². The summed E-state index contributed by atoms with van der Waals surface area (Å²) in [5.41, 5.74) is 23.0. The fraction of sp³-hybridized carbons (Fsp3) is 0.0400. The number of nitrogens with zero attached hydrogens (tertiary/aromatic N) is 12. The van der Waals surface area contributed by atoms with Gasteiger partial charge >= 0.3 is 0 Å². The Labute approximate surface area is 815 Å². The third kappa shape index (κ3) is 14.6. The molecule has 0 N–H and O–H groups in total. The standard InChI is InChI=1S/C33H25N3.C32H25N3Si.C30H19N3O.C30H19N3S/c1-33(2)26-16-8-10-18-28(26)36(29-19-11-9-17-27(29)33)32-34-30(23-13-4-3-5-14-23)25-21-20-22-12-6-7-15-24(22)31(25)35-32;1-36(2)28-18-10-8-16-26(28)35(27-17-9-11-19-29(27)36)32-33-30(23-13-4-3-5-14-23)25-21-20-22-12-6-7-15-24(22)31(25)34-32;2*1-2-11-21(12-3-1)28-23-19-18-20-10-4-5-13-22(20)29(23)32-30(31-28)33-24-14-6-8-16-26(24)34-27-17-9-7-15-25(27)33/h2*3-21H,1-2H3;2*1-19H. The van der Waals surface area contributed by atoms with E-state index in [4.69, 9.17) is 44.6 Å². The second-order valence-corrected chi connectivity index (χ2v) is 41.8. The maximum Gasteiger partial charge on any atom is 0.236 e. The molecule has 4 aliphatic rings. The average molecular weight is 1830 g/mol. The maximum atomic E-state index is 6.20. The lowest BCUT2D eigenvalue weighted by atomic mass is 9.74. The summed E-state index contributed by atoms with van der Waals surface area (Å²) in [5, 5.41) is 16.2. The fourth-order valence-corrected chi connectivity index (χ4v) is 24.7. The van der Waals surface area contributed by atoms with E-state index < -0.39 is 8.07 Å². The number of rotatable bonds is 8. The molecule has 4 aliphatic heterocycles. The molecule has 0 bridgehead atoms. The number of hydrogen-bond donors (Lipinski definition) is 0. The van der Waals surface area contributed by atoms with Gasteiger partial charge in [-0.1, -0.05) is 403 Å². The monoisotopic (exact) mass is 1830 g/mol. The topological polar surface area (TPSA) is 125 Å². The van der Waals surface area contributed by atoms with Crippen LogP contribution in [0.5, 0.6) is 11.5 Å². The Kier molecular flexibility index (Phi) is 21.0. The molecule has 4 aromatic heterocycles. The van der Waals surface area contributed by atoms with E-state index in [-0.39, 0.29) is 5.41 Å². The lowest BCUT2D eigenvalue weighted by Gasteiger charge is -2.41. The first-order chi connectivity index (χ1) is 69.0. The molecular formula is C125H88N12OSSi. The molecule has 664 valence electrons. The molecule has 15 heteroatoms. The second kappa shape index (κ2) is 34.9. The van der Waals surface area contributed by atoms with Crippen molar-refractivity contribution in [2.75, 3.05) is 19.6 Å². The van der Waals surface area contributed by atoms with Gasteiger partial charge in [0.1, 0.15) is 8.07 Å². The molecular weight excluding hydrogens is 1750 g/mol. The summed E-state index contributed by atoms with van der Waals surface area (Å²) in [7, 11) is -1.88. The predicted molar refractivity (Wildman–Crippen MR) is 582 cm³/mol. The number of fused-ring (bicyclic) bond motifs is 20. The van der Waals surface area contributed by atoms with Gasteiger partial charge in [0.15, 0.2) is 11.5 Å². The highest BCUT2D eigenvalue weighted by atomic mass is 32.2. The molecule has 13 nitrogen and oxygen atoms in total. The van der Waals surface area contributed by atoms with Gasteiger partial charge in [0.05, 0.1) is 79.0 Å². The van der Waals surface area contributed by atoms with E-state index in [9.17, 15) is 0 Å². The molecule has 0 unspecified atom stereocenters. The number of para-hydroxylation sites is 10. The summed E-state index contributed by atoms with van der Waals surface area (Å²) in [6, 6.07) is 160. The Morgan fingerprint density at radius 3 is 0.793 bits per heavy atom. The van der Waals surface area contributed by atoms with Crippen molar-refractivity contribution in [3.05, 3.63) is 472 Å². The van der Waals surface area contributed by atoms with E-state index >= 15 is 0 Å². The molecule has 0 atom stereocenters. The summed E-state index contributed by atoms with van der Waals surface area (Å²) < 4.78 is 6.20. The summed E-state index contributed by atoms with van der Waals surface area (Å²) in [5.74, 6) is 4.26. The molecule has 28 rings (SSSR count). The normalized spacial score (nSPS) is 13.2. The summed E-state index contributed by atoms with van der Waals surface area (Å²) in [4.78, 5) is 53.1. The molecule has 0 aliphatic carbocycles. The quantitative estimate of drug-likeness (QED) is 0.106. The Morgan fingerprint density at radius 2 is 0.457 bits per heavy atom. The highest BCUT2D eigenvalue weighted by Crippen LogP contribution is 2.56. The lowest BCUT2D eigenvalue weighted by molar-refractivity contribution is 0.476. The largest absolute Gasteiger partial charge is 0.453 e. The van der Waals surface area contributed by atoms with E-state index in [0.717, 1.165) is 161 Å². The fourth-order valence-electron chi connectivity index (χ4n) is 20.7. The first kappa shape index (κ1) is 84.1. The first-order valence-corrected chi connectivity index (χ1v) is 51.1. The minimum Gasteiger partial charge on any atom is -0.453 e. The predicted octanol–water partition coefficient (Wildman–Crippen LogP) is 32.0. The van der Waals surface area contributed by atoms with Gasteiger partial charge in [-0.3, -0.25) is 19.6 Å². The zero-order valence-corrected chi connectivity index (χ0v) is 78.9. The molecule has 20 aromatic carbocycles. The van der Waals surface area contributed by atoms with Crippen LogP contribution in [0.1, 0.15) is 25.0 Å². The molecule has 140 heavy (non-hydrogen) atoms. The van der Waals surface area contributed by atoms with Gasteiger partial charge in [0.25, 0.3) is 0 Å². The zero-order chi connectivity index (χ0) is 93.5. The van der Waals surface area contributed by atoms with Crippen molar-refractivity contribution < 1.29 is 4.74 Å². The Balaban J connectivity index is 0.0000000986. The molecule has 0 amide bonds. The molecule has 0 radical (unpaired) electrons. The third-order valence-electron chi connectivity index (χ3n) is 27.4. The van der Waals surface area contributed by atoms with Crippen molar-refractivity contribution >= 4 is 186 Å². The van der Waals surface area contributed by atoms with E-state index in [1.165, 1.54) is 58.8 Å². The van der Waals surface area contributed by atoms with E-state index in [2.05, 4.69) is 423 Å². The molecule has 0 spiro atoms. The maximum absolute atomic E-state index is 6.20. The number of benzene rings is 20. The number of aromatic nitrogens is 8. The third-order valence-corrected chi connectivity index (χ3v) is 32.1. The average Bonchev–Trinajstić information content (AvgIpc) is 0.730. The van der Waals surface area contributed by atoms with E-state index in [1.807, 2.05) is 84.9 Å². The number of anilines is 12. The summed E-state index contributed by atoms with van der Waals surface area (Å²) in [6.07, 6.45) is 0. The van der Waals surface area contributed by atoms with Crippen LogP contribution in [0, 0.1) is 0 Å². The van der Waals surface area contributed by atoms with Gasteiger partial charge in [-0.15, -0.1) is 0 Å². The smallest absolute Gasteiger partial charge is 0.236 e. The van der Waals surface area contributed by atoms with Gasteiger partial charge in [-0.2, -0.15) is 0 Å². The van der Waals surface area contributed by atoms with Crippen LogP contribution in [0.2, 0.25) is 13.1 Å². The Bertz CT molecular complexity index is 8310. The SMILES string of the molecule is CC1(C)c2ccccc2N(c2nc(-c3ccccc3)c3ccc4ccccc4c3n2)c2ccccc21.C[Si]1(C)c2ccccc2N(c2nc(-c3ccccc3)c3ccc4ccccc4c3n2)c2ccccc21.c1ccc(-c2nc(N3c4ccccc4Oc4ccccc43)nc3c2ccc2ccccc23)cc1.c1ccc(-c2nc(N3c4ccccc4Sc4ccccc43)nc3c2ccc2ccccc23)cc1. The zero-order valence-electron chi connectivity index (χ0n) is 77.1. The summed E-state index contributed by atoms with van der Waals surface area (Å²) >= 11 is 1.79. The van der Waals surface area contributed by atoms with E-state index in [0.29, 0.717) is 23.8 Å². The molecule has 0 saturated carbocycles. The van der Waals surface area contributed by atoms with Gasteiger partial charge < -0.3 is 4.74 Å². The van der Waals surface area contributed by atoms with Crippen molar-refractivity contribution in [2.45, 2.75) is 42.1 Å². The molecule has 0 saturated heterocycles. The summed E-state index contributed by atoms with van der Waals surface area (Å²) in [6.45, 7) is 9.47. The van der Waals surface area contributed by atoms with Crippen molar-refractivity contribution in [3.63, 3.8) is 0 Å². The number of ether oxygens (including phenoxy) is 1. The van der Waals surface area contributed by atoms with Crippen molar-refractivity contribution in [2.24, 2.45) is 0 Å². The van der Waals surface area contributed by atoms with Crippen LogP contribution in [-0.2, 0) is 5.41 Å². The lowest BCUT2D eigenvalue weighted by Crippen LogP contribution is -2.58. The second-order valence-electron chi connectivity index (χ2n) is 36.4. The molecule has 8 heterocycles. The van der Waals surface area contributed by atoms with Gasteiger partial charge in [-0.25, -0.2) is 39.9 Å². The Morgan fingerprint density at radius 1 is 0.214 bits per heavy atom. The van der Waals surface area contributed by atoms with Crippen molar-refractivity contribution in [1.82, 2.24) is 39.9 Å². The van der Waals surface area contributed by atoms with Crippen LogP contribution in [0.3, 0.4) is 0 Å². The van der Waals surface area contributed by atoms with Crippen molar-refractivity contribution in [3.8, 4) is 56.5 Å². The van der Waals surface area contributed by atoms with Gasteiger partial charge in [0, 0.05) is 91.9 Å². The Hall–Kier alpha value is -17.6. The number of hydrogen-bond acceptors (Lipinski definition) is 14. The molecule has 0 fully saturated rings. The van der Waals surface area contributed by atoms with Crippen LogP contribution >= 0.6 is 11.8 Å². The first-order valence-electron chi connectivity index (χ1n) is 47.3. The van der Waals surface area contributed by atoms with Crippen molar-refractivity contribution in [1.29, 1.82) is 0 Å². The van der Waals surface area contributed by atoms with Crippen LogP contribution in [0.4, 0.5) is 69.3 Å². The van der Waals surface area contributed by atoms with Crippen LogP contribution in [0.15, 0.2) is 471 Å². The minimum absolute atomic E-state index is 0.129. The van der Waals surface area contributed by atoms with Gasteiger partial charge in [-0.05, 0) is 140 Å². The minimum atomic E-state index is -1.88. The van der Waals surface area contributed by atoms with Crippen LogP contribution in [0.25, 0.3) is 132 Å². The highest BCUT2D eigenvalue weighted by Gasteiger charge is 2.42. The van der Waals surface area contributed by atoms with Crippen LogP contribution < -0.4 is 34.7 Å². The molecule has 24 aromatic rings.